The molecule has 1 aliphatic heterocycles. The van der Waals surface area contributed by atoms with Crippen molar-refractivity contribution in [3.05, 3.63) is 36.3 Å². The number of alkyl carbamates (subject to hydrolysis) is 1. The Hall–Kier alpha value is -2.77. The van der Waals surface area contributed by atoms with E-state index in [1.165, 1.54) is 6.08 Å². The fraction of sp³-hybridized carbons (Fsp3) is 0.526. The SMILES string of the molecule is C=CC(=O)N1CCN(C(=O)c2ccc(CNC(=O)OC(C)(C)C)o2)[C@@H](C)C1. The van der Waals surface area contributed by atoms with Gasteiger partial charge >= 0.3 is 6.09 Å². The highest BCUT2D eigenvalue weighted by atomic mass is 16.6. The molecular weight excluding hydrogens is 350 g/mol. The van der Waals surface area contributed by atoms with Crippen LogP contribution in [0.2, 0.25) is 0 Å². The Kier molecular flexibility index (Phi) is 6.30. The molecule has 1 N–H and O–H groups in total. The lowest BCUT2D eigenvalue weighted by molar-refractivity contribution is -0.128. The van der Waals surface area contributed by atoms with E-state index in [9.17, 15) is 14.4 Å². The van der Waals surface area contributed by atoms with Gasteiger partial charge in [-0.1, -0.05) is 6.58 Å². The molecule has 8 nitrogen and oxygen atoms in total. The Balaban J connectivity index is 1.92. The molecule has 148 valence electrons. The molecule has 1 aromatic heterocycles. The van der Waals surface area contributed by atoms with Gasteiger partial charge in [0, 0.05) is 25.7 Å². The minimum atomic E-state index is -0.584. The van der Waals surface area contributed by atoms with Crippen LogP contribution in [0, 0.1) is 0 Å². The quantitative estimate of drug-likeness (QED) is 0.812. The Bertz CT molecular complexity index is 719. The number of carbonyl (C=O) groups excluding carboxylic acids is 3. The van der Waals surface area contributed by atoms with Gasteiger partial charge in [-0.3, -0.25) is 9.59 Å². The van der Waals surface area contributed by atoms with Crippen LogP contribution in [-0.2, 0) is 16.1 Å². The summed E-state index contributed by atoms with van der Waals surface area (Å²) in [6.07, 6.45) is 0.726. The van der Waals surface area contributed by atoms with Gasteiger partial charge in [-0.25, -0.2) is 4.79 Å². The van der Waals surface area contributed by atoms with E-state index in [-0.39, 0.29) is 30.2 Å². The van der Waals surface area contributed by atoms with Crippen LogP contribution in [0.4, 0.5) is 4.79 Å². The number of hydrogen-bond acceptors (Lipinski definition) is 5. The van der Waals surface area contributed by atoms with E-state index in [0.29, 0.717) is 25.4 Å². The van der Waals surface area contributed by atoms with Gasteiger partial charge in [-0.2, -0.15) is 0 Å². The maximum Gasteiger partial charge on any atom is 0.408 e. The van der Waals surface area contributed by atoms with Gasteiger partial charge in [0.1, 0.15) is 11.4 Å². The number of carbonyl (C=O) groups is 3. The molecule has 1 aliphatic rings. The summed E-state index contributed by atoms with van der Waals surface area (Å²) in [6.45, 7) is 12.2. The van der Waals surface area contributed by atoms with E-state index >= 15 is 0 Å². The Morgan fingerprint density at radius 3 is 2.63 bits per heavy atom. The van der Waals surface area contributed by atoms with Crippen molar-refractivity contribution in [1.29, 1.82) is 0 Å². The Morgan fingerprint density at radius 1 is 1.33 bits per heavy atom. The third-order valence-corrected chi connectivity index (χ3v) is 4.05. The summed E-state index contributed by atoms with van der Waals surface area (Å²) in [6, 6.07) is 3.10. The number of rotatable bonds is 4. The minimum absolute atomic E-state index is 0.124. The number of piperazine rings is 1. The summed E-state index contributed by atoms with van der Waals surface area (Å²) in [4.78, 5) is 39.4. The average Bonchev–Trinajstić information content (AvgIpc) is 3.06. The van der Waals surface area contributed by atoms with Crippen LogP contribution >= 0.6 is 0 Å². The van der Waals surface area contributed by atoms with Crippen molar-refractivity contribution in [1.82, 2.24) is 15.1 Å². The zero-order chi connectivity index (χ0) is 20.2. The first-order valence-electron chi connectivity index (χ1n) is 8.88. The number of ether oxygens (including phenoxy) is 1. The molecule has 8 heteroatoms. The number of nitrogens with zero attached hydrogens (tertiary/aromatic N) is 2. The molecule has 1 fully saturated rings. The van der Waals surface area contributed by atoms with Crippen molar-refractivity contribution < 1.29 is 23.5 Å². The first-order chi connectivity index (χ1) is 12.6. The summed E-state index contributed by atoms with van der Waals surface area (Å²) in [5.41, 5.74) is -0.584. The first-order valence-corrected chi connectivity index (χ1v) is 8.88. The van der Waals surface area contributed by atoms with Crippen molar-refractivity contribution in [3.63, 3.8) is 0 Å². The van der Waals surface area contributed by atoms with Gasteiger partial charge in [0.2, 0.25) is 5.91 Å². The maximum absolute atomic E-state index is 12.7. The molecule has 0 unspecified atom stereocenters. The number of nitrogens with one attached hydrogen (secondary N) is 1. The fourth-order valence-corrected chi connectivity index (χ4v) is 2.79. The number of hydrogen-bond donors (Lipinski definition) is 1. The molecule has 1 aromatic rings. The van der Waals surface area contributed by atoms with Crippen LogP contribution in [0.5, 0.6) is 0 Å². The molecule has 0 saturated carbocycles. The van der Waals surface area contributed by atoms with Gasteiger partial charge in [0.15, 0.2) is 5.76 Å². The molecule has 0 aromatic carbocycles. The monoisotopic (exact) mass is 377 g/mol. The molecule has 0 aliphatic carbocycles. The molecule has 27 heavy (non-hydrogen) atoms. The highest BCUT2D eigenvalue weighted by molar-refractivity contribution is 5.92. The van der Waals surface area contributed by atoms with Gasteiger partial charge < -0.3 is 24.3 Å². The van der Waals surface area contributed by atoms with Crippen LogP contribution < -0.4 is 5.32 Å². The predicted octanol–water partition coefficient (Wildman–Crippen LogP) is 2.16. The molecule has 0 spiro atoms. The van der Waals surface area contributed by atoms with Crippen molar-refractivity contribution in [2.75, 3.05) is 19.6 Å². The van der Waals surface area contributed by atoms with Gasteiger partial charge in [-0.05, 0) is 45.9 Å². The molecule has 3 amide bonds. The Morgan fingerprint density at radius 2 is 2.04 bits per heavy atom. The zero-order valence-electron chi connectivity index (χ0n) is 16.3. The molecule has 2 heterocycles. The van der Waals surface area contributed by atoms with Gasteiger partial charge in [0.25, 0.3) is 5.91 Å². The molecule has 1 saturated heterocycles. The van der Waals surface area contributed by atoms with Crippen LogP contribution in [-0.4, -0.2) is 59.0 Å². The minimum Gasteiger partial charge on any atom is -0.454 e. The summed E-state index contributed by atoms with van der Waals surface area (Å²) in [5.74, 6) is 0.280. The van der Waals surface area contributed by atoms with E-state index in [1.807, 2.05) is 6.92 Å². The number of furan rings is 1. The molecule has 0 radical (unpaired) electrons. The van der Waals surface area contributed by atoms with Crippen molar-refractivity contribution in [2.24, 2.45) is 0 Å². The Labute approximate surface area is 159 Å². The average molecular weight is 377 g/mol. The highest BCUT2D eigenvalue weighted by Gasteiger charge is 2.31. The van der Waals surface area contributed by atoms with E-state index in [4.69, 9.17) is 9.15 Å². The second-order valence-corrected chi connectivity index (χ2v) is 7.46. The highest BCUT2D eigenvalue weighted by Crippen LogP contribution is 2.17. The smallest absolute Gasteiger partial charge is 0.408 e. The van der Waals surface area contributed by atoms with Crippen molar-refractivity contribution >= 4 is 17.9 Å². The van der Waals surface area contributed by atoms with Crippen molar-refractivity contribution in [2.45, 2.75) is 45.9 Å². The molecule has 0 bridgehead atoms. The van der Waals surface area contributed by atoms with Crippen LogP contribution in [0.25, 0.3) is 0 Å². The zero-order valence-corrected chi connectivity index (χ0v) is 16.3. The summed E-state index contributed by atoms with van der Waals surface area (Å²) in [7, 11) is 0. The lowest BCUT2D eigenvalue weighted by atomic mass is 10.1. The van der Waals surface area contributed by atoms with Crippen molar-refractivity contribution in [3.8, 4) is 0 Å². The third kappa shape index (κ3) is 5.60. The first kappa shape index (κ1) is 20.5. The largest absolute Gasteiger partial charge is 0.454 e. The normalized spacial score (nSPS) is 17.4. The summed E-state index contributed by atoms with van der Waals surface area (Å²) < 4.78 is 10.7. The molecule has 1 atom stereocenters. The standard InChI is InChI=1S/C19H27N3O5/c1-6-16(23)21-9-10-22(13(2)12-21)17(24)15-8-7-14(26-15)11-20-18(25)27-19(3,4)5/h6-8,13H,1,9-12H2,2-5H3,(H,20,25)/t13-/m0/s1. The second-order valence-electron chi connectivity index (χ2n) is 7.46. The maximum atomic E-state index is 12.7. The lowest BCUT2D eigenvalue weighted by Gasteiger charge is -2.39. The summed E-state index contributed by atoms with van der Waals surface area (Å²) >= 11 is 0. The third-order valence-electron chi connectivity index (χ3n) is 4.05. The van der Waals surface area contributed by atoms with E-state index < -0.39 is 11.7 Å². The topological polar surface area (TPSA) is 92.1 Å². The van der Waals surface area contributed by atoms with E-state index in [1.54, 1.807) is 42.7 Å². The fourth-order valence-electron chi connectivity index (χ4n) is 2.79. The van der Waals surface area contributed by atoms with Crippen LogP contribution in [0.1, 0.15) is 44.0 Å². The lowest BCUT2D eigenvalue weighted by Crippen LogP contribution is -2.55. The van der Waals surface area contributed by atoms with E-state index in [2.05, 4.69) is 11.9 Å². The summed E-state index contributed by atoms with van der Waals surface area (Å²) in [5, 5.41) is 2.59. The van der Waals surface area contributed by atoms with Crippen LogP contribution in [0.15, 0.2) is 29.2 Å². The molecular formula is C19H27N3O5. The predicted molar refractivity (Wildman–Crippen MR) is 99.1 cm³/mol. The van der Waals surface area contributed by atoms with Gasteiger partial charge in [0.05, 0.1) is 6.54 Å². The molecule has 2 rings (SSSR count). The van der Waals surface area contributed by atoms with E-state index in [0.717, 1.165) is 0 Å². The number of amides is 3. The second kappa shape index (κ2) is 8.28. The van der Waals surface area contributed by atoms with Crippen LogP contribution in [0.3, 0.4) is 0 Å². The van der Waals surface area contributed by atoms with Gasteiger partial charge in [-0.15, -0.1) is 0 Å².